The third-order valence-electron chi connectivity index (χ3n) is 3.70. The van der Waals surface area contributed by atoms with E-state index in [9.17, 15) is 19.7 Å². The molecule has 8 nitrogen and oxygen atoms in total. The molecule has 0 bridgehead atoms. The molecule has 1 aromatic carbocycles. The van der Waals surface area contributed by atoms with Crippen LogP contribution in [-0.2, 0) is 4.79 Å². The van der Waals surface area contributed by atoms with Gasteiger partial charge in [-0.1, -0.05) is 11.6 Å². The molecule has 1 aromatic rings. The molecule has 1 aliphatic heterocycles. The molecule has 124 valence electrons. The Morgan fingerprint density at radius 1 is 1.30 bits per heavy atom. The number of hydrogen-bond donors (Lipinski definition) is 1. The second-order valence-electron chi connectivity index (χ2n) is 5.16. The second-order valence-corrected chi connectivity index (χ2v) is 5.57. The molecule has 9 heteroatoms. The van der Waals surface area contributed by atoms with Gasteiger partial charge in [-0.2, -0.15) is 0 Å². The highest BCUT2D eigenvalue weighted by atomic mass is 35.5. The summed E-state index contributed by atoms with van der Waals surface area (Å²) in [6, 6.07) is 3.82. The molecule has 0 atom stereocenters. The Morgan fingerprint density at radius 3 is 2.48 bits per heavy atom. The number of halogens is 1. The molecule has 2 rings (SSSR count). The molecule has 1 N–H and O–H groups in total. The van der Waals surface area contributed by atoms with Crippen LogP contribution < -0.4 is 5.32 Å². The van der Waals surface area contributed by atoms with Crippen LogP contribution in [0.4, 0.5) is 5.69 Å². The highest BCUT2D eigenvalue weighted by Gasteiger charge is 2.25. The Bertz CT molecular complexity index is 629. The molecular weight excluding hydrogens is 324 g/mol. The van der Waals surface area contributed by atoms with Crippen molar-refractivity contribution in [2.24, 2.45) is 0 Å². The van der Waals surface area contributed by atoms with E-state index in [2.05, 4.69) is 5.32 Å². The fourth-order valence-corrected chi connectivity index (χ4v) is 2.61. The van der Waals surface area contributed by atoms with Crippen molar-refractivity contribution in [3.8, 4) is 0 Å². The van der Waals surface area contributed by atoms with E-state index in [1.54, 1.807) is 11.9 Å². The summed E-state index contributed by atoms with van der Waals surface area (Å²) in [5.41, 5.74) is 0.0963. The normalized spacial score (nSPS) is 15.3. The highest BCUT2D eigenvalue weighted by molar-refractivity contribution is 6.34. The van der Waals surface area contributed by atoms with Crippen LogP contribution in [0.25, 0.3) is 0 Å². The first-order valence-electron chi connectivity index (χ1n) is 7.08. The molecule has 1 aliphatic rings. The van der Waals surface area contributed by atoms with Crippen LogP contribution in [0, 0.1) is 10.1 Å². The van der Waals surface area contributed by atoms with Gasteiger partial charge >= 0.3 is 0 Å². The quantitative estimate of drug-likeness (QED) is 0.644. The number of rotatable bonds is 4. The van der Waals surface area contributed by atoms with Crippen LogP contribution in [0.2, 0.25) is 5.02 Å². The molecule has 0 radical (unpaired) electrons. The summed E-state index contributed by atoms with van der Waals surface area (Å²) in [5.74, 6) is -0.326. The van der Waals surface area contributed by atoms with E-state index in [0.717, 1.165) is 0 Å². The minimum Gasteiger partial charge on any atom is -0.358 e. The number of non-ortho nitro benzene ring substituents is 1. The van der Waals surface area contributed by atoms with E-state index in [1.807, 2.05) is 4.90 Å². The predicted octanol–water partition coefficient (Wildman–Crippen LogP) is 0.752. The number of nitrogens with one attached hydrogen (secondary N) is 1. The number of piperazine rings is 1. The lowest BCUT2D eigenvalue weighted by molar-refractivity contribution is -0.384. The number of carbonyl (C=O) groups is 2. The first kappa shape index (κ1) is 17.2. The molecule has 0 unspecified atom stereocenters. The summed E-state index contributed by atoms with van der Waals surface area (Å²) in [7, 11) is 1.58. The van der Waals surface area contributed by atoms with Crippen LogP contribution in [0.3, 0.4) is 0 Å². The van der Waals surface area contributed by atoms with Gasteiger partial charge in [-0.25, -0.2) is 0 Å². The number of nitro benzene ring substituents is 1. The van der Waals surface area contributed by atoms with Crippen molar-refractivity contribution in [2.75, 3.05) is 39.8 Å². The van der Waals surface area contributed by atoms with Crippen molar-refractivity contribution in [1.29, 1.82) is 0 Å². The van der Waals surface area contributed by atoms with Gasteiger partial charge in [-0.15, -0.1) is 0 Å². The van der Waals surface area contributed by atoms with E-state index >= 15 is 0 Å². The molecule has 23 heavy (non-hydrogen) atoms. The SMILES string of the molecule is CNC(=O)CN1CCN(C(=O)c2ccc([N+](=O)[O-])cc2Cl)CC1. The molecule has 0 aliphatic carbocycles. The molecule has 0 spiro atoms. The zero-order valence-corrected chi connectivity index (χ0v) is 13.4. The zero-order valence-electron chi connectivity index (χ0n) is 12.6. The Hall–Kier alpha value is -2.19. The van der Waals surface area contributed by atoms with Crippen LogP contribution in [0.15, 0.2) is 18.2 Å². The first-order chi connectivity index (χ1) is 10.9. The fourth-order valence-electron chi connectivity index (χ4n) is 2.35. The number of carbonyl (C=O) groups excluding carboxylic acids is 2. The summed E-state index contributed by atoms with van der Waals surface area (Å²) in [6.45, 7) is 2.43. The Balaban J connectivity index is 2.00. The van der Waals surface area contributed by atoms with Crippen molar-refractivity contribution in [2.45, 2.75) is 0 Å². The maximum absolute atomic E-state index is 12.5. The van der Waals surface area contributed by atoms with Gasteiger partial charge in [0.25, 0.3) is 11.6 Å². The lowest BCUT2D eigenvalue weighted by Crippen LogP contribution is -2.50. The van der Waals surface area contributed by atoms with E-state index in [-0.39, 0.29) is 28.1 Å². The van der Waals surface area contributed by atoms with Crippen molar-refractivity contribution in [3.63, 3.8) is 0 Å². The van der Waals surface area contributed by atoms with Crippen LogP contribution in [0.1, 0.15) is 10.4 Å². The van der Waals surface area contributed by atoms with Crippen molar-refractivity contribution in [3.05, 3.63) is 38.9 Å². The average molecular weight is 341 g/mol. The summed E-state index contributed by atoms with van der Waals surface area (Å²) >= 11 is 5.99. The average Bonchev–Trinajstić information content (AvgIpc) is 2.54. The van der Waals surface area contributed by atoms with Crippen LogP contribution in [0.5, 0.6) is 0 Å². The van der Waals surface area contributed by atoms with Gasteiger partial charge in [0.1, 0.15) is 0 Å². The number of nitro groups is 1. The van der Waals surface area contributed by atoms with Crippen molar-refractivity contribution < 1.29 is 14.5 Å². The van der Waals surface area contributed by atoms with E-state index in [4.69, 9.17) is 11.6 Å². The summed E-state index contributed by atoms with van der Waals surface area (Å²) in [5, 5.41) is 13.3. The van der Waals surface area contributed by atoms with Crippen LogP contribution >= 0.6 is 11.6 Å². The van der Waals surface area contributed by atoms with E-state index < -0.39 is 4.92 Å². The lowest BCUT2D eigenvalue weighted by Gasteiger charge is -2.34. The topological polar surface area (TPSA) is 95.8 Å². The number of likely N-dealkylation sites (N-methyl/N-ethyl adjacent to an activating group) is 1. The zero-order chi connectivity index (χ0) is 17.0. The second kappa shape index (κ2) is 7.38. The van der Waals surface area contributed by atoms with E-state index in [0.29, 0.717) is 32.7 Å². The fraction of sp³-hybridized carbons (Fsp3) is 0.429. The largest absolute Gasteiger partial charge is 0.358 e. The number of benzene rings is 1. The minimum absolute atomic E-state index is 0.0665. The number of amides is 2. The summed E-state index contributed by atoms with van der Waals surface area (Å²) in [6.07, 6.45) is 0. The molecule has 1 fully saturated rings. The van der Waals surface area contributed by atoms with Gasteiger partial charge in [0, 0.05) is 45.4 Å². The smallest absolute Gasteiger partial charge is 0.270 e. The maximum atomic E-state index is 12.5. The molecule has 0 aromatic heterocycles. The maximum Gasteiger partial charge on any atom is 0.270 e. The lowest BCUT2D eigenvalue weighted by atomic mass is 10.1. The molecule has 2 amide bonds. The molecule has 1 heterocycles. The van der Waals surface area contributed by atoms with Gasteiger partial charge in [-0.3, -0.25) is 24.6 Å². The third-order valence-corrected chi connectivity index (χ3v) is 4.01. The molecule has 1 saturated heterocycles. The Morgan fingerprint density at radius 2 is 1.96 bits per heavy atom. The van der Waals surface area contributed by atoms with Gasteiger partial charge < -0.3 is 10.2 Å². The Labute approximate surface area is 138 Å². The monoisotopic (exact) mass is 340 g/mol. The van der Waals surface area contributed by atoms with Gasteiger partial charge in [0.2, 0.25) is 5.91 Å². The minimum atomic E-state index is -0.558. The van der Waals surface area contributed by atoms with Crippen molar-refractivity contribution >= 4 is 29.1 Å². The first-order valence-corrected chi connectivity index (χ1v) is 7.46. The third kappa shape index (κ3) is 4.17. The standard InChI is InChI=1S/C14H17ClN4O4/c1-16-13(20)9-17-4-6-18(7-5-17)14(21)11-3-2-10(19(22)23)8-12(11)15/h2-3,8H,4-7,9H2,1H3,(H,16,20). The number of hydrogen-bond acceptors (Lipinski definition) is 5. The Kier molecular flexibility index (Phi) is 5.51. The van der Waals surface area contributed by atoms with E-state index in [1.165, 1.54) is 18.2 Å². The predicted molar refractivity (Wildman–Crippen MR) is 84.5 cm³/mol. The molecular formula is C14H17ClN4O4. The summed E-state index contributed by atoms with van der Waals surface area (Å²) in [4.78, 5) is 37.5. The summed E-state index contributed by atoms with van der Waals surface area (Å²) < 4.78 is 0. The van der Waals surface area contributed by atoms with Gasteiger partial charge in [0.15, 0.2) is 0 Å². The van der Waals surface area contributed by atoms with Crippen molar-refractivity contribution in [1.82, 2.24) is 15.1 Å². The van der Waals surface area contributed by atoms with Gasteiger partial charge in [-0.05, 0) is 6.07 Å². The highest BCUT2D eigenvalue weighted by Crippen LogP contribution is 2.24. The van der Waals surface area contributed by atoms with Crippen LogP contribution in [-0.4, -0.2) is 66.3 Å². The van der Waals surface area contributed by atoms with Gasteiger partial charge in [0.05, 0.1) is 22.1 Å². The molecule has 0 saturated carbocycles. The number of nitrogens with zero attached hydrogens (tertiary/aromatic N) is 3.